The van der Waals surface area contributed by atoms with Gasteiger partial charge in [-0.2, -0.15) is 0 Å². The highest BCUT2D eigenvalue weighted by atomic mass is 79.9. The summed E-state index contributed by atoms with van der Waals surface area (Å²) < 4.78 is 14.5. The van der Waals surface area contributed by atoms with Gasteiger partial charge in [-0.15, -0.1) is 0 Å². The van der Waals surface area contributed by atoms with Crippen molar-refractivity contribution in [2.24, 2.45) is 0 Å². The van der Waals surface area contributed by atoms with Crippen molar-refractivity contribution >= 4 is 37.5 Å². The largest absolute Gasteiger partial charge is 0.394 e. The molecule has 3 nitrogen and oxygen atoms in total. The Labute approximate surface area is 104 Å². The van der Waals surface area contributed by atoms with Crippen LogP contribution < -0.4 is 5.32 Å². The van der Waals surface area contributed by atoms with Crippen LogP contribution in [0.2, 0.25) is 0 Å². The van der Waals surface area contributed by atoms with Gasteiger partial charge in [-0.1, -0.05) is 0 Å². The van der Waals surface area contributed by atoms with Gasteiger partial charge in [0.25, 0.3) is 0 Å². The molecule has 1 rings (SSSR count). The van der Waals surface area contributed by atoms with Gasteiger partial charge in [0.1, 0.15) is 0 Å². The lowest BCUT2D eigenvalue weighted by Gasteiger charge is -2.12. The van der Waals surface area contributed by atoms with Crippen molar-refractivity contribution < 1.29 is 14.6 Å². The fraction of sp³-hybridized carbons (Fsp3) is 0.333. The Balaban J connectivity index is 2.74. The molecule has 1 aromatic rings. The van der Waals surface area contributed by atoms with Crippen LogP contribution in [0, 0.1) is 5.82 Å². The molecule has 6 heteroatoms. The number of benzene rings is 1. The van der Waals surface area contributed by atoms with Gasteiger partial charge in [0.05, 0.1) is 22.9 Å². The minimum absolute atomic E-state index is 0.0987. The summed E-state index contributed by atoms with van der Waals surface area (Å²) in [7, 11) is 0. The van der Waals surface area contributed by atoms with Crippen LogP contribution in [0.5, 0.6) is 0 Å². The van der Waals surface area contributed by atoms with E-state index in [9.17, 15) is 4.39 Å². The maximum absolute atomic E-state index is 13.5. The van der Waals surface area contributed by atoms with Gasteiger partial charge in [-0.3, -0.25) is 0 Å². The molecule has 1 atom stereocenters. The third-order valence-corrected chi connectivity index (χ3v) is 3.74. The third kappa shape index (κ3) is 3.41. The Hall–Kier alpha value is -0.170. The highest BCUT2D eigenvalue weighted by molar-refractivity contribution is 9.13. The van der Waals surface area contributed by atoms with Crippen LogP contribution in [-0.4, -0.2) is 29.5 Å². The minimum atomic E-state index is -0.896. The van der Waals surface area contributed by atoms with Crippen LogP contribution >= 0.6 is 31.9 Å². The van der Waals surface area contributed by atoms with E-state index in [0.29, 0.717) is 8.95 Å². The molecule has 0 aliphatic carbocycles. The first kappa shape index (κ1) is 12.9. The Morgan fingerprint density at radius 2 is 2.07 bits per heavy atom. The van der Waals surface area contributed by atoms with E-state index in [0.717, 1.165) is 0 Å². The van der Waals surface area contributed by atoms with Crippen molar-refractivity contribution in [2.45, 2.75) is 6.10 Å². The van der Waals surface area contributed by atoms with Crippen molar-refractivity contribution in [1.29, 1.82) is 0 Å². The van der Waals surface area contributed by atoms with Crippen LogP contribution in [-0.2, 0) is 0 Å². The van der Waals surface area contributed by atoms with Crippen LogP contribution in [0.15, 0.2) is 21.1 Å². The Morgan fingerprint density at radius 3 is 2.67 bits per heavy atom. The van der Waals surface area contributed by atoms with E-state index in [4.69, 9.17) is 10.2 Å². The average Bonchev–Trinajstić information content (AvgIpc) is 2.24. The molecule has 1 unspecified atom stereocenters. The van der Waals surface area contributed by atoms with Crippen molar-refractivity contribution in [3.8, 4) is 0 Å². The quantitative estimate of drug-likeness (QED) is 0.735. The lowest BCUT2D eigenvalue weighted by Crippen LogP contribution is -2.23. The molecule has 0 saturated heterocycles. The molecule has 15 heavy (non-hydrogen) atoms. The number of aliphatic hydroxyl groups is 2. The van der Waals surface area contributed by atoms with Crippen molar-refractivity contribution in [1.82, 2.24) is 0 Å². The van der Waals surface area contributed by atoms with E-state index in [2.05, 4.69) is 37.2 Å². The van der Waals surface area contributed by atoms with E-state index in [1.165, 1.54) is 0 Å². The number of aliphatic hydroxyl groups excluding tert-OH is 2. The number of anilines is 1. The molecule has 0 radical (unpaired) electrons. The third-order valence-electron chi connectivity index (χ3n) is 1.77. The van der Waals surface area contributed by atoms with Crippen LogP contribution in [0.25, 0.3) is 0 Å². The minimum Gasteiger partial charge on any atom is -0.394 e. The zero-order valence-electron chi connectivity index (χ0n) is 7.67. The Morgan fingerprint density at radius 1 is 1.40 bits per heavy atom. The molecule has 0 fully saturated rings. The van der Waals surface area contributed by atoms with E-state index >= 15 is 0 Å². The average molecular weight is 343 g/mol. The topological polar surface area (TPSA) is 52.5 Å². The molecule has 0 heterocycles. The SMILES string of the molecule is OCC(O)CNc1ccc(Br)c(Br)c1F. The Bertz CT molecular complexity index is 349. The van der Waals surface area contributed by atoms with Gasteiger partial charge in [0.2, 0.25) is 0 Å². The summed E-state index contributed by atoms with van der Waals surface area (Å²) >= 11 is 6.25. The van der Waals surface area contributed by atoms with E-state index in [-0.39, 0.29) is 18.8 Å². The molecule has 1 aromatic carbocycles. The second kappa shape index (κ2) is 5.79. The maximum atomic E-state index is 13.5. The van der Waals surface area contributed by atoms with Crippen LogP contribution in [0.3, 0.4) is 0 Å². The fourth-order valence-corrected chi connectivity index (χ4v) is 1.61. The molecule has 0 bridgehead atoms. The summed E-state index contributed by atoms with van der Waals surface area (Å²) in [4.78, 5) is 0. The smallest absolute Gasteiger partial charge is 0.161 e. The van der Waals surface area contributed by atoms with Gasteiger partial charge in [0, 0.05) is 11.0 Å². The zero-order chi connectivity index (χ0) is 11.4. The predicted octanol–water partition coefficient (Wildman–Crippen LogP) is 2.12. The summed E-state index contributed by atoms with van der Waals surface area (Å²) in [5.41, 5.74) is 0.276. The zero-order valence-corrected chi connectivity index (χ0v) is 10.8. The summed E-state index contributed by atoms with van der Waals surface area (Å²) in [5.74, 6) is -0.436. The maximum Gasteiger partial charge on any atom is 0.161 e. The fourth-order valence-electron chi connectivity index (χ4n) is 0.955. The molecular weight excluding hydrogens is 333 g/mol. The number of hydrogen-bond donors (Lipinski definition) is 3. The van der Waals surface area contributed by atoms with Gasteiger partial charge < -0.3 is 15.5 Å². The normalized spacial score (nSPS) is 12.6. The summed E-state index contributed by atoms with van der Waals surface area (Å²) in [6.45, 7) is -0.256. The molecule has 0 saturated carbocycles. The first-order valence-corrected chi connectivity index (χ1v) is 5.81. The van der Waals surface area contributed by atoms with E-state index in [1.807, 2.05) is 0 Å². The molecule has 0 aromatic heterocycles. The number of nitrogens with one attached hydrogen (secondary N) is 1. The lowest BCUT2D eigenvalue weighted by atomic mass is 10.3. The van der Waals surface area contributed by atoms with Crippen molar-refractivity contribution in [3.05, 3.63) is 26.9 Å². The van der Waals surface area contributed by atoms with Gasteiger partial charge >= 0.3 is 0 Å². The monoisotopic (exact) mass is 341 g/mol. The molecule has 0 spiro atoms. The molecular formula is C9H10Br2FNO2. The van der Waals surface area contributed by atoms with E-state index in [1.54, 1.807) is 12.1 Å². The van der Waals surface area contributed by atoms with E-state index < -0.39 is 11.9 Å². The molecule has 3 N–H and O–H groups in total. The summed E-state index contributed by atoms with van der Waals surface area (Å²) in [6, 6.07) is 3.23. The van der Waals surface area contributed by atoms with Crippen LogP contribution in [0.4, 0.5) is 10.1 Å². The highest BCUT2D eigenvalue weighted by Gasteiger charge is 2.10. The summed E-state index contributed by atoms with van der Waals surface area (Å²) in [5, 5.41) is 20.4. The van der Waals surface area contributed by atoms with Gasteiger partial charge in [-0.05, 0) is 44.0 Å². The van der Waals surface area contributed by atoms with Crippen molar-refractivity contribution in [2.75, 3.05) is 18.5 Å². The number of rotatable bonds is 4. The predicted molar refractivity (Wildman–Crippen MR) is 63.4 cm³/mol. The van der Waals surface area contributed by atoms with Crippen LogP contribution in [0.1, 0.15) is 0 Å². The van der Waals surface area contributed by atoms with Crippen molar-refractivity contribution in [3.63, 3.8) is 0 Å². The first-order valence-electron chi connectivity index (χ1n) is 4.22. The summed E-state index contributed by atoms with van der Waals surface area (Å²) in [6.07, 6.45) is -0.896. The molecule has 0 aliphatic heterocycles. The van der Waals surface area contributed by atoms with Gasteiger partial charge in [0.15, 0.2) is 5.82 Å². The number of halogens is 3. The Kier molecular flexibility index (Phi) is 4.98. The van der Waals surface area contributed by atoms with Gasteiger partial charge in [-0.25, -0.2) is 4.39 Å². The molecule has 0 aliphatic rings. The lowest BCUT2D eigenvalue weighted by molar-refractivity contribution is 0.105. The molecule has 84 valence electrons. The second-order valence-corrected chi connectivity index (χ2v) is 4.59. The second-order valence-electron chi connectivity index (χ2n) is 2.94. The standard InChI is InChI=1S/C9H10Br2FNO2/c10-6-1-2-7(9(12)8(6)11)13-3-5(15)4-14/h1-2,5,13-15H,3-4H2. The molecule has 0 amide bonds. The number of hydrogen-bond acceptors (Lipinski definition) is 3. The highest BCUT2D eigenvalue weighted by Crippen LogP contribution is 2.30. The first-order chi connectivity index (χ1) is 7.06.